The van der Waals surface area contributed by atoms with Gasteiger partial charge < -0.3 is 18.9 Å². The Kier molecular flexibility index (Phi) is 10.4. The fourth-order valence-corrected chi connectivity index (χ4v) is 2.00. The summed E-state index contributed by atoms with van der Waals surface area (Å²) < 4.78 is 18.8. The Balaban J connectivity index is 1.52. The van der Waals surface area contributed by atoms with Crippen LogP contribution in [0.15, 0.2) is 48.5 Å². The van der Waals surface area contributed by atoms with Crippen molar-refractivity contribution in [1.82, 2.24) is 0 Å². The third kappa shape index (κ3) is 8.89. The van der Waals surface area contributed by atoms with Crippen molar-refractivity contribution in [1.29, 1.82) is 0 Å². The Labute approximate surface area is 191 Å². The quantitative estimate of drug-likeness (QED) is 0.199. The highest BCUT2D eigenvalue weighted by Crippen LogP contribution is 2.13. The summed E-state index contributed by atoms with van der Waals surface area (Å²) in [6.07, 6.45) is -2.80. The number of ether oxygens (including phenoxy) is 4. The van der Waals surface area contributed by atoms with Crippen LogP contribution in [0.4, 0.5) is 9.59 Å². The van der Waals surface area contributed by atoms with E-state index in [-0.39, 0.29) is 11.1 Å². The molecule has 2 aromatic carbocycles. The maximum absolute atomic E-state index is 11.7. The molecule has 0 aliphatic carbocycles. The number of carbonyl (C=O) groups excluding carboxylic acids is 4. The first-order chi connectivity index (χ1) is 16.4. The van der Waals surface area contributed by atoms with E-state index in [0.29, 0.717) is 11.5 Å². The zero-order valence-corrected chi connectivity index (χ0v) is 17.7. The summed E-state index contributed by atoms with van der Waals surface area (Å²) in [6.45, 7) is -0.981. The van der Waals surface area contributed by atoms with Crippen LogP contribution < -0.4 is 9.47 Å². The molecular weight excluding hydrogens is 464 g/mol. The van der Waals surface area contributed by atoms with Crippen molar-refractivity contribution in [3.63, 3.8) is 0 Å². The van der Waals surface area contributed by atoms with E-state index in [1.807, 2.05) is 0 Å². The number of methoxy groups -OCH3 is 2. The van der Waals surface area contributed by atoms with Gasteiger partial charge in [-0.2, -0.15) is 0 Å². The summed E-state index contributed by atoms with van der Waals surface area (Å²) in [4.78, 5) is 62.4. The van der Waals surface area contributed by atoms with Gasteiger partial charge >= 0.3 is 24.2 Å². The Bertz CT molecular complexity index is 875. The van der Waals surface area contributed by atoms with Gasteiger partial charge in [0.25, 0.3) is 0 Å². The minimum atomic E-state index is -1.40. The van der Waals surface area contributed by atoms with Crippen LogP contribution in [-0.4, -0.2) is 51.7 Å². The van der Waals surface area contributed by atoms with E-state index >= 15 is 0 Å². The first-order valence-corrected chi connectivity index (χ1v) is 9.15. The molecule has 0 saturated heterocycles. The molecule has 0 atom stereocenters. The number of hydrogen-bond donors (Lipinski definition) is 0. The van der Waals surface area contributed by atoms with Crippen molar-refractivity contribution >= 4 is 24.2 Å². The molecule has 0 heterocycles. The molecule has 0 amide bonds. The molecule has 14 nitrogen and oxygen atoms in total. The topological polar surface area (TPSA) is 161 Å². The molecule has 182 valence electrons. The molecule has 2 aromatic rings. The summed E-state index contributed by atoms with van der Waals surface area (Å²) in [7, 11) is 2.92. The monoisotopic (exact) mass is 482 g/mol. The van der Waals surface area contributed by atoms with Crippen molar-refractivity contribution in [3.8, 4) is 11.5 Å². The molecule has 0 aliphatic heterocycles. The Morgan fingerprint density at radius 1 is 0.559 bits per heavy atom. The van der Waals surface area contributed by atoms with E-state index in [2.05, 4.69) is 39.1 Å². The summed E-state index contributed by atoms with van der Waals surface area (Å²) >= 11 is 0. The first-order valence-electron chi connectivity index (χ1n) is 9.15. The van der Waals surface area contributed by atoms with Gasteiger partial charge in [0.05, 0.1) is 35.4 Å². The van der Waals surface area contributed by atoms with Crippen molar-refractivity contribution in [3.05, 3.63) is 59.7 Å². The average Bonchev–Trinajstić information content (AvgIpc) is 2.86. The van der Waals surface area contributed by atoms with E-state index in [1.165, 1.54) is 62.8 Å². The fraction of sp³-hybridized carbons (Fsp3) is 0.200. The van der Waals surface area contributed by atoms with Crippen LogP contribution in [0.5, 0.6) is 11.5 Å². The van der Waals surface area contributed by atoms with Crippen LogP contribution in [0.2, 0.25) is 0 Å². The van der Waals surface area contributed by atoms with E-state index in [4.69, 9.17) is 9.47 Å². The highest BCUT2D eigenvalue weighted by atomic mass is 17.5. The first kappa shape index (κ1) is 25.7. The van der Waals surface area contributed by atoms with Crippen LogP contribution in [0, 0.1) is 0 Å². The summed E-state index contributed by atoms with van der Waals surface area (Å²) in [5.74, 6) is -0.863. The molecule has 0 radical (unpaired) electrons. The molecule has 0 aliphatic rings. The molecule has 0 fully saturated rings. The third-order valence-corrected chi connectivity index (χ3v) is 3.60. The van der Waals surface area contributed by atoms with Crippen LogP contribution >= 0.6 is 0 Å². The largest absolute Gasteiger partial charge is 0.543 e. The maximum atomic E-state index is 11.7. The van der Waals surface area contributed by atoms with Crippen LogP contribution in [-0.2, 0) is 39.1 Å². The predicted molar refractivity (Wildman–Crippen MR) is 104 cm³/mol. The fourth-order valence-electron chi connectivity index (χ4n) is 2.00. The van der Waals surface area contributed by atoms with Crippen molar-refractivity contribution < 1.29 is 67.8 Å². The second-order valence-electron chi connectivity index (χ2n) is 5.70. The molecule has 0 aromatic heterocycles. The molecular formula is C20H18O14. The highest BCUT2D eigenvalue weighted by molar-refractivity contribution is 5.89. The summed E-state index contributed by atoms with van der Waals surface area (Å²) in [5.41, 5.74) is 0.197. The lowest BCUT2D eigenvalue weighted by molar-refractivity contribution is -0.453. The lowest BCUT2D eigenvalue weighted by Gasteiger charge is -2.06. The van der Waals surface area contributed by atoms with Gasteiger partial charge in [-0.15, -0.1) is 0 Å². The van der Waals surface area contributed by atoms with Gasteiger partial charge in [0, 0.05) is 0 Å². The highest BCUT2D eigenvalue weighted by Gasteiger charge is 2.14. The lowest BCUT2D eigenvalue weighted by Crippen LogP contribution is -2.17. The SMILES string of the molecule is COc1ccc(C(=O)OOOC(=O)OCCOC(=O)OOOC(=O)c2ccc(OC)cc2)cc1. The summed E-state index contributed by atoms with van der Waals surface area (Å²) in [6, 6.07) is 11.6. The predicted octanol–water partition coefficient (Wildman–Crippen LogP) is 2.72. The number of benzene rings is 2. The van der Waals surface area contributed by atoms with Crippen LogP contribution in [0.25, 0.3) is 0 Å². The van der Waals surface area contributed by atoms with E-state index in [9.17, 15) is 19.2 Å². The second-order valence-corrected chi connectivity index (χ2v) is 5.70. The lowest BCUT2D eigenvalue weighted by atomic mass is 10.2. The molecule has 0 bridgehead atoms. The Morgan fingerprint density at radius 2 is 0.912 bits per heavy atom. The van der Waals surface area contributed by atoms with Crippen molar-refractivity contribution in [2.75, 3.05) is 27.4 Å². The second kappa shape index (κ2) is 13.8. The van der Waals surface area contributed by atoms with Crippen LogP contribution in [0.1, 0.15) is 20.7 Å². The number of hydrogen-bond acceptors (Lipinski definition) is 14. The van der Waals surface area contributed by atoms with Gasteiger partial charge in [0.15, 0.2) is 0 Å². The van der Waals surface area contributed by atoms with Gasteiger partial charge in [0.2, 0.25) is 0 Å². The van der Waals surface area contributed by atoms with E-state index in [1.54, 1.807) is 0 Å². The molecule has 14 heteroatoms. The standard InChI is InChI=1S/C20H18O14/c1-25-15-7-3-13(4-8-15)17(21)29-33-31-19(23)27-11-12-28-20(24)32-34-30-18(22)14-5-9-16(26-2)10-6-14/h3-10H,11-12H2,1-2H3. The molecule has 34 heavy (non-hydrogen) atoms. The minimum absolute atomic E-state index is 0.0987. The zero-order chi connectivity index (χ0) is 24.8. The van der Waals surface area contributed by atoms with Gasteiger partial charge in [-0.3, -0.25) is 9.78 Å². The Morgan fingerprint density at radius 3 is 1.24 bits per heavy atom. The van der Waals surface area contributed by atoms with E-state index in [0.717, 1.165) is 0 Å². The molecule has 2 rings (SSSR count). The van der Waals surface area contributed by atoms with Gasteiger partial charge in [-0.05, 0) is 48.5 Å². The molecule has 0 N–H and O–H groups in total. The molecule has 0 unspecified atom stereocenters. The van der Waals surface area contributed by atoms with Gasteiger partial charge in [-0.1, -0.05) is 0 Å². The number of rotatable bonds is 11. The van der Waals surface area contributed by atoms with Gasteiger partial charge in [-0.25, -0.2) is 29.0 Å². The van der Waals surface area contributed by atoms with Crippen molar-refractivity contribution in [2.45, 2.75) is 0 Å². The normalized spacial score (nSPS) is 9.82. The number of carbonyl (C=O) groups is 4. The molecule has 0 saturated carbocycles. The zero-order valence-electron chi connectivity index (χ0n) is 17.7. The Hall–Kier alpha value is -4.56. The minimum Gasteiger partial charge on any atom is -0.497 e. The average molecular weight is 482 g/mol. The maximum Gasteiger partial charge on any atom is 0.543 e. The smallest absolute Gasteiger partial charge is 0.497 e. The van der Waals surface area contributed by atoms with Gasteiger partial charge in [0.1, 0.15) is 24.7 Å². The van der Waals surface area contributed by atoms with Crippen LogP contribution in [0.3, 0.4) is 0 Å². The summed E-state index contributed by atoms with van der Waals surface area (Å²) in [5, 5.41) is 8.02. The molecule has 0 spiro atoms. The van der Waals surface area contributed by atoms with E-state index < -0.39 is 37.5 Å². The van der Waals surface area contributed by atoms with Crippen molar-refractivity contribution in [2.24, 2.45) is 0 Å². The third-order valence-electron chi connectivity index (χ3n) is 3.60.